The molecule has 3 atom stereocenters. The van der Waals surface area contributed by atoms with Crippen molar-refractivity contribution in [3.05, 3.63) is 0 Å². The van der Waals surface area contributed by atoms with Crippen molar-refractivity contribution in [2.24, 2.45) is 11.8 Å². The molecule has 1 saturated heterocycles. The van der Waals surface area contributed by atoms with Gasteiger partial charge in [0.1, 0.15) is 5.60 Å². The van der Waals surface area contributed by atoms with Crippen LogP contribution in [0.15, 0.2) is 0 Å². The predicted octanol–water partition coefficient (Wildman–Crippen LogP) is 2.53. The topological polar surface area (TPSA) is 38.8 Å². The lowest BCUT2D eigenvalue weighted by molar-refractivity contribution is -0.148. The summed E-state index contributed by atoms with van der Waals surface area (Å²) in [4.78, 5) is 11.9. The summed E-state index contributed by atoms with van der Waals surface area (Å²) in [5, 5.41) is 0. The van der Waals surface area contributed by atoms with Crippen LogP contribution in [0.5, 0.6) is 0 Å². The second-order valence-corrected chi connectivity index (χ2v) is 5.50. The Morgan fingerprint density at radius 3 is 2.69 bits per heavy atom. The van der Waals surface area contributed by atoms with Gasteiger partial charge in [-0.1, -0.05) is 27.2 Å². The summed E-state index contributed by atoms with van der Waals surface area (Å²) < 4.78 is 10.9. The molecule has 0 aromatic rings. The summed E-state index contributed by atoms with van der Waals surface area (Å²) in [7, 11) is 1.45. The number of ether oxygens (including phenoxy) is 2. The van der Waals surface area contributed by atoms with E-state index in [1.807, 2.05) is 13.8 Å². The molecule has 0 aromatic heterocycles. The van der Waals surface area contributed by atoms with E-state index >= 15 is 0 Å². The molecule has 1 spiro atoms. The third-order valence-electron chi connectivity index (χ3n) is 4.45. The number of esters is 1. The van der Waals surface area contributed by atoms with Crippen LogP contribution in [-0.2, 0) is 14.3 Å². The Kier molecular flexibility index (Phi) is 2.77. The van der Waals surface area contributed by atoms with Gasteiger partial charge in [0.2, 0.25) is 0 Å². The van der Waals surface area contributed by atoms with Gasteiger partial charge in [0.25, 0.3) is 0 Å². The minimum absolute atomic E-state index is 0.181. The SMILES string of the molecule is CCC1CCC2(C1)OC2(C(=O)OC)C(C)C. The van der Waals surface area contributed by atoms with Crippen molar-refractivity contribution in [1.82, 2.24) is 0 Å². The Labute approximate surface area is 97.5 Å². The summed E-state index contributed by atoms with van der Waals surface area (Å²) >= 11 is 0. The molecule has 0 N–H and O–H groups in total. The van der Waals surface area contributed by atoms with Crippen LogP contribution in [-0.4, -0.2) is 24.3 Å². The van der Waals surface area contributed by atoms with Crippen LogP contribution < -0.4 is 0 Å². The van der Waals surface area contributed by atoms with Crippen molar-refractivity contribution in [3.8, 4) is 0 Å². The normalized spacial score (nSPS) is 41.7. The molecule has 2 aliphatic rings. The maximum Gasteiger partial charge on any atom is 0.341 e. The van der Waals surface area contributed by atoms with Crippen molar-refractivity contribution >= 4 is 5.97 Å². The number of rotatable bonds is 3. The molecule has 3 heteroatoms. The van der Waals surface area contributed by atoms with E-state index in [1.54, 1.807) is 0 Å². The first-order valence-corrected chi connectivity index (χ1v) is 6.31. The lowest BCUT2D eigenvalue weighted by Gasteiger charge is -2.18. The quantitative estimate of drug-likeness (QED) is 0.548. The molecule has 1 heterocycles. The number of hydrogen-bond donors (Lipinski definition) is 0. The standard InChI is InChI=1S/C13H22O3/c1-5-10-6-7-12(8-10)13(16-12,9(2)3)11(14)15-4/h9-10H,5-8H2,1-4H3. The van der Waals surface area contributed by atoms with Gasteiger partial charge in [-0.05, 0) is 31.1 Å². The molecule has 0 bridgehead atoms. The smallest absolute Gasteiger partial charge is 0.341 e. The molecule has 1 saturated carbocycles. The first kappa shape index (κ1) is 11.9. The average Bonchev–Trinajstić information content (AvgIpc) is 2.73. The van der Waals surface area contributed by atoms with E-state index in [-0.39, 0.29) is 17.5 Å². The monoisotopic (exact) mass is 226 g/mol. The Hall–Kier alpha value is -0.570. The van der Waals surface area contributed by atoms with E-state index in [9.17, 15) is 4.79 Å². The molecule has 0 radical (unpaired) electrons. The first-order valence-electron chi connectivity index (χ1n) is 6.31. The van der Waals surface area contributed by atoms with Gasteiger partial charge in [0, 0.05) is 0 Å². The van der Waals surface area contributed by atoms with Gasteiger partial charge in [-0.15, -0.1) is 0 Å². The van der Waals surface area contributed by atoms with E-state index in [2.05, 4.69) is 6.92 Å². The van der Waals surface area contributed by atoms with Crippen LogP contribution >= 0.6 is 0 Å². The van der Waals surface area contributed by atoms with Crippen molar-refractivity contribution in [3.63, 3.8) is 0 Å². The van der Waals surface area contributed by atoms with E-state index in [0.717, 1.165) is 12.8 Å². The fourth-order valence-electron chi connectivity index (χ4n) is 3.43. The van der Waals surface area contributed by atoms with Gasteiger partial charge in [0.05, 0.1) is 7.11 Å². The molecule has 3 nitrogen and oxygen atoms in total. The summed E-state index contributed by atoms with van der Waals surface area (Å²) in [5.74, 6) is 0.722. The lowest BCUT2D eigenvalue weighted by Crippen LogP contribution is -2.39. The maximum absolute atomic E-state index is 11.9. The maximum atomic E-state index is 11.9. The number of hydrogen-bond acceptors (Lipinski definition) is 3. The van der Waals surface area contributed by atoms with Crippen molar-refractivity contribution in [2.75, 3.05) is 7.11 Å². The number of carbonyl (C=O) groups is 1. The number of epoxide rings is 1. The zero-order chi connectivity index (χ0) is 12.0. The fourth-order valence-corrected chi connectivity index (χ4v) is 3.43. The molecule has 92 valence electrons. The molecule has 0 aromatic carbocycles. The Morgan fingerprint density at radius 2 is 2.25 bits per heavy atom. The van der Waals surface area contributed by atoms with Gasteiger partial charge < -0.3 is 9.47 Å². The largest absolute Gasteiger partial charge is 0.467 e. The van der Waals surface area contributed by atoms with E-state index in [1.165, 1.54) is 20.0 Å². The average molecular weight is 226 g/mol. The predicted molar refractivity (Wildman–Crippen MR) is 61.0 cm³/mol. The molecular weight excluding hydrogens is 204 g/mol. The summed E-state index contributed by atoms with van der Waals surface area (Å²) in [6.07, 6.45) is 4.40. The Balaban J connectivity index is 2.19. The molecule has 0 amide bonds. The summed E-state index contributed by atoms with van der Waals surface area (Å²) in [5.41, 5.74) is -0.847. The highest BCUT2D eigenvalue weighted by Crippen LogP contribution is 2.63. The molecule has 2 rings (SSSR count). The van der Waals surface area contributed by atoms with Gasteiger partial charge in [0.15, 0.2) is 5.60 Å². The van der Waals surface area contributed by atoms with Crippen LogP contribution in [0.4, 0.5) is 0 Å². The molecule has 2 fully saturated rings. The zero-order valence-electron chi connectivity index (χ0n) is 10.7. The highest BCUT2D eigenvalue weighted by atomic mass is 16.7. The molecule has 1 aliphatic carbocycles. The van der Waals surface area contributed by atoms with Crippen LogP contribution in [0.3, 0.4) is 0 Å². The van der Waals surface area contributed by atoms with Crippen LogP contribution in [0.2, 0.25) is 0 Å². The second-order valence-electron chi connectivity index (χ2n) is 5.50. The zero-order valence-corrected chi connectivity index (χ0v) is 10.7. The van der Waals surface area contributed by atoms with E-state index < -0.39 is 5.60 Å². The highest BCUT2D eigenvalue weighted by molar-refractivity contribution is 5.85. The second kappa shape index (κ2) is 3.73. The van der Waals surface area contributed by atoms with Crippen LogP contribution in [0, 0.1) is 11.8 Å². The summed E-state index contributed by atoms with van der Waals surface area (Å²) in [6, 6.07) is 0. The first-order chi connectivity index (χ1) is 7.52. The minimum Gasteiger partial charge on any atom is -0.467 e. The van der Waals surface area contributed by atoms with Crippen molar-refractivity contribution < 1.29 is 14.3 Å². The van der Waals surface area contributed by atoms with Crippen LogP contribution in [0.25, 0.3) is 0 Å². The minimum atomic E-state index is -0.647. The van der Waals surface area contributed by atoms with Gasteiger partial charge in [-0.3, -0.25) is 0 Å². The Bertz CT molecular complexity index is 300. The molecule has 1 aliphatic heterocycles. The van der Waals surface area contributed by atoms with E-state index in [4.69, 9.17) is 9.47 Å². The van der Waals surface area contributed by atoms with Crippen molar-refractivity contribution in [2.45, 2.75) is 57.7 Å². The van der Waals surface area contributed by atoms with Crippen LogP contribution in [0.1, 0.15) is 46.5 Å². The molecule has 16 heavy (non-hydrogen) atoms. The van der Waals surface area contributed by atoms with Gasteiger partial charge in [-0.2, -0.15) is 0 Å². The van der Waals surface area contributed by atoms with Crippen molar-refractivity contribution in [1.29, 1.82) is 0 Å². The number of methoxy groups -OCH3 is 1. The fraction of sp³-hybridized carbons (Fsp3) is 0.923. The summed E-state index contributed by atoms with van der Waals surface area (Å²) in [6.45, 7) is 6.30. The Morgan fingerprint density at radius 1 is 1.56 bits per heavy atom. The van der Waals surface area contributed by atoms with E-state index in [0.29, 0.717) is 5.92 Å². The lowest BCUT2D eigenvalue weighted by atomic mass is 9.81. The third-order valence-corrected chi connectivity index (χ3v) is 4.45. The van der Waals surface area contributed by atoms with Gasteiger partial charge in [-0.25, -0.2) is 4.79 Å². The highest BCUT2D eigenvalue weighted by Gasteiger charge is 2.77. The molecule has 3 unspecified atom stereocenters. The third kappa shape index (κ3) is 1.33. The van der Waals surface area contributed by atoms with Gasteiger partial charge >= 0.3 is 5.97 Å². The number of carbonyl (C=O) groups excluding carboxylic acids is 1. The molecular formula is C13H22O3.